The van der Waals surface area contributed by atoms with Crippen LogP contribution >= 0.6 is 0 Å². The lowest BCUT2D eigenvalue weighted by Crippen LogP contribution is -2.41. The monoisotopic (exact) mass is 238 g/mol. The fourth-order valence-electron chi connectivity index (χ4n) is 1.02. The fraction of sp³-hybridized carbons (Fsp3) is 1.00. The number of nitrogens with zero attached hydrogens (tertiary/aromatic N) is 2. The van der Waals surface area contributed by atoms with Crippen molar-refractivity contribution < 1.29 is 8.42 Å². The Labute approximate surface area is 95.3 Å². The van der Waals surface area contributed by atoms with Gasteiger partial charge in [-0.25, -0.2) is 12.7 Å². The zero-order chi connectivity index (χ0) is 12.6. The Morgan fingerprint density at radius 3 is 1.87 bits per heavy atom. The Morgan fingerprint density at radius 1 is 1.20 bits per heavy atom. The minimum absolute atomic E-state index is 0.0277. The largest absolute Gasteiger partial charge is 0.305 e. The first-order chi connectivity index (χ1) is 6.79. The van der Waals surface area contributed by atoms with Gasteiger partial charge in [0.05, 0.1) is 6.26 Å². The highest BCUT2D eigenvalue weighted by molar-refractivity contribution is 7.88. The molecule has 0 amide bonds. The van der Waals surface area contributed by atoms with Crippen LogP contribution in [0.4, 0.5) is 0 Å². The summed E-state index contributed by atoms with van der Waals surface area (Å²) >= 11 is 0. The van der Waals surface area contributed by atoms with Gasteiger partial charge in [0, 0.05) is 19.6 Å². The topological polar surface area (TPSA) is 40.6 Å². The van der Waals surface area contributed by atoms with Crippen molar-refractivity contribution in [1.29, 1.82) is 0 Å². The molecule has 1 atom stereocenters. The predicted molar refractivity (Wildman–Crippen MR) is 66.6 cm³/mol. The van der Waals surface area contributed by atoms with Crippen LogP contribution < -0.4 is 0 Å². The highest BCUT2D eigenvalue weighted by Crippen LogP contribution is 2.02. The molecule has 0 aliphatic carbocycles. The summed E-state index contributed by atoms with van der Waals surface area (Å²) in [4.78, 5) is 2.09. The highest BCUT2D eigenvalue weighted by Gasteiger charge is 2.18. The summed E-state index contributed by atoms with van der Waals surface area (Å²) in [6.45, 7) is 9.66. The second-order valence-electron chi connectivity index (χ2n) is 3.48. The normalized spacial score (nSPS) is 13.7. The summed E-state index contributed by atoms with van der Waals surface area (Å²) in [5, 5.41) is 0. The molecule has 0 saturated heterocycles. The second kappa shape index (κ2) is 8.07. The Morgan fingerprint density at radius 2 is 1.60 bits per heavy atom. The molecule has 0 aromatic carbocycles. The number of hydrogen-bond acceptors (Lipinski definition) is 3. The standard InChI is InChI=1S/C8H20N2O2S.C2H6/c1-6-9(3)7-8(2)10(4)13(5,11)12;1-2/h8H,6-7H2,1-5H3;1-2H3/t8-;/m0./s1. The molecule has 0 unspecified atom stereocenters. The van der Waals surface area contributed by atoms with Gasteiger partial charge in [0.25, 0.3) is 0 Å². The van der Waals surface area contributed by atoms with E-state index >= 15 is 0 Å². The van der Waals surface area contributed by atoms with Crippen molar-refractivity contribution in [2.45, 2.75) is 33.7 Å². The van der Waals surface area contributed by atoms with Crippen LogP contribution in [0.15, 0.2) is 0 Å². The molecular weight excluding hydrogens is 212 g/mol. The van der Waals surface area contributed by atoms with Crippen molar-refractivity contribution in [2.24, 2.45) is 0 Å². The van der Waals surface area contributed by atoms with Crippen molar-refractivity contribution in [3.63, 3.8) is 0 Å². The van der Waals surface area contributed by atoms with Crippen LogP contribution in [0.1, 0.15) is 27.7 Å². The van der Waals surface area contributed by atoms with E-state index < -0.39 is 10.0 Å². The molecule has 94 valence electrons. The molecule has 5 heteroatoms. The van der Waals surface area contributed by atoms with Gasteiger partial charge in [0.15, 0.2) is 0 Å². The van der Waals surface area contributed by atoms with Gasteiger partial charge in [-0.15, -0.1) is 0 Å². The van der Waals surface area contributed by atoms with E-state index in [1.165, 1.54) is 10.6 Å². The van der Waals surface area contributed by atoms with Gasteiger partial charge in [0.1, 0.15) is 0 Å². The molecule has 15 heavy (non-hydrogen) atoms. The molecule has 0 aliphatic rings. The maximum Gasteiger partial charge on any atom is 0.211 e. The molecule has 0 rings (SSSR count). The van der Waals surface area contributed by atoms with E-state index in [1.807, 2.05) is 34.7 Å². The predicted octanol–water partition coefficient (Wildman–Crippen LogP) is 1.24. The Kier molecular flexibility index (Phi) is 9.29. The van der Waals surface area contributed by atoms with E-state index in [0.29, 0.717) is 0 Å². The molecule has 0 N–H and O–H groups in total. The van der Waals surface area contributed by atoms with Crippen molar-refractivity contribution in [1.82, 2.24) is 9.21 Å². The van der Waals surface area contributed by atoms with E-state index in [2.05, 4.69) is 4.90 Å². The molecule has 0 bridgehead atoms. The van der Waals surface area contributed by atoms with Gasteiger partial charge in [-0.3, -0.25) is 0 Å². The molecule has 0 saturated carbocycles. The molecule has 0 fully saturated rings. The molecule has 0 aliphatic heterocycles. The summed E-state index contributed by atoms with van der Waals surface area (Å²) in [7, 11) is 0.544. The third-order valence-electron chi connectivity index (χ3n) is 2.26. The molecule has 0 spiro atoms. The molecule has 0 radical (unpaired) electrons. The third kappa shape index (κ3) is 7.76. The Bertz CT molecular complexity index is 240. The van der Waals surface area contributed by atoms with Crippen molar-refractivity contribution >= 4 is 10.0 Å². The Hall–Kier alpha value is -0.130. The maximum atomic E-state index is 11.1. The van der Waals surface area contributed by atoms with Crippen molar-refractivity contribution in [2.75, 3.05) is 33.4 Å². The van der Waals surface area contributed by atoms with E-state index in [-0.39, 0.29) is 6.04 Å². The highest BCUT2D eigenvalue weighted by atomic mass is 32.2. The summed E-state index contributed by atoms with van der Waals surface area (Å²) < 4.78 is 23.7. The van der Waals surface area contributed by atoms with Crippen LogP contribution in [-0.4, -0.2) is 57.1 Å². The molecular formula is C10H26N2O2S. The van der Waals surface area contributed by atoms with Crippen LogP contribution in [0.2, 0.25) is 0 Å². The summed E-state index contributed by atoms with van der Waals surface area (Å²) in [6.07, 6.45) is 1.23. The van der Waals surface area contributed by atoms with Crippen LogP contribution in [0.3, 0.4) is 0 Å². The van der Waals surface area contributed by atoms with Crippen LogP contribution in [-0.2, 0) is 10.0 Å². The van der Waals surface area contributed by atoms with Gasteiger partial charge in [0.2, 0.25) is 10.0 Å². The lowest BCUT2D eigenvalue weighted by Gasteiger charge is -2.26. The van der Waals surface area contributed by atoms with Gasteiger partial charge >= 0.3 is 0 Å². The number of sulfonamides is 1. The van der Waals surface area contributed by atoms with E-state index in [0.717, 1.165) is 13.1 Å². The summed E-state index contributed by atoms with van der Waals surface area (Å²) in [5.74, 6) is 0. The van der Waals surface area contributed by atoms with Gasteiger partial charge < -0.3 is 4.90 Å². The number of rotatable bonds is 5. The molecule has 0 aromatic heterocycles. The van der Waals surface area contributed by atoms with Gasteiger partial charge in [-0.2, -0.15) is 0 Å². The first-order valence-corrected chi connectivity index (χ1v) is 7.25. The number of likely N-dealkylation sites (N-methyl/N-ethyl adjacent to an activating group) is 2. The lowest BCUT2D eigenvalue weighted by atomic mass is 10.3. The van der Waals surface area contributed by atoms with Crippen molar-refractivity contribution in [3.05, 3.63) is 0 Å². The quantitative estimate of drug-likeness (QED) is 0.723. The van der Waals surface area contributed by atoms with E-state index in [4.69, 9.17) is 0 Å². The number of hydrogen-bond donors (Lipinski definition) is 0. The maximum absolute atomic E-state index is 11.1. The molecule has 0 heterocycles. The molecule has 0 aromatic rings. The van der Waals surface area contributed by atoms with E-state index in [9.17, 15) is 8.42 Å². The fourth-order valence-corrected chi connectivity index (χ4v) is 1.74. The SMILES string of the molecule is CC.CCN(C)C[C@H](C)N(C)S(C)(=O)=O. The van der Waals surface area contributed by atoms with Crippen molar-refractivity contribution in [3.8, 4) is 0 Å². The third-order valence-corrected chi connectivity index (χ3v) is 3.67. The van der Waals surface area contributed by atoms with Crippen LogP contribution in [0.5, 0.6) is 0 Å². The van der Waals surface area contributed by atoms with Crippen LogP contribution in [0.25, 0.3) is 0 Å². The molecule has 4 nitrogen and oxygen atoms in total. The zero-order valence-electron chi connectivity index (χ0n) is 11.1. The first kappa shape index (κ1) is 17.3. The smallest absolute Gasteiger partial charge is 0.211 e. The first-order valence-electron chi connectivity index (χ1n) is 5.40. The van der Waals surface area contributed by atoms with E-state index in [1.54, 1.807) is 7.05 Å². The lowest BCUT2D eigenvalue weighted by molar-refractivity contribution is 0.266. The Balaban J connectivity index is 0. The summed E-state index contributed by atoms with van der Waals surface area (Å²) in [6, 6.07) is 0.0277. The average molecular weight is 238 g/mol. The van der Waals surface area contributed by atoms with Crippen LogP contribution in [0, 0.1) is 0 Å². The summed E-state index contributed by atoms with van der Waals surface area (Å²) in [5.41, 5.74) is 0. The minimum Gasteiger partial charge on any atom is -0.305 e. The minimum atomic E-state index is -3.05. The van der Waals surface area contributed by atoms with Gasteiger partial charge in [-0.1, -0.05) is 20.8 Å². The van der Waals surface area contributed by atoms with Gasteiger partial charge in [-0.05, 0) is 20.5 Å². The zero-order valence-corrected chi connectivity index (χ0v) is 11.9. The second-order valence-corrected chi connectivity index (χ2v) is 5.53. The average Bonchev–Trinajstić information content (AvgIpc) is 2.18.